The first-order valence-electron chi connectivity index (χ1n) is 8.20. The van der Waals surface area contributed by atoms with Crippen molar-refractivity contribution in [2.75, 3.05) is 5.43 Å². The Kier molecular flexibility index (Phi) is 5.59. The maximum atomic E-state index is 12.6. The van der Waals surface area contributed by atoms with Crippen molar-refractivity contribution in [2.45, 2.75) is 26.4 Å². The van der Waals surface area contributed by atoms with Crippen LogP contribution in [0.2, 0.25) is 0 Å². The number of nitrogens with zero attached hydrogens (tertiary/aromatic N) is 3. The van der Waals surface area contributed by atoms with Gasteiger partial charge in [0.25, 0.3) is 0 Å². The number of hydrogen-bond acceptors (Lipinski definition) is 6. The average molecular weight is 407 g/mol. The van der Waals surface area contributed by atoms with Crippen molar-refractivity contribution in [2.24, 2.45) is 0 Å². The molecule has 0 bridgehead atoms. The monoisotopic (exact) mass is 407 g/mol. The van der Waals surface area contributed by atoms with Crippen LogP contribution in [0.5, 0.6) is 0 Å². The molecule has 0 aliphatic heterocycles. The van der Waals surface area contributed by atoms with Crippen LogP contribution < -0.4 is 10.9 Å². The number of hydrazine groups is 1. The Morgan fingerprint density at radius 1 is 1.07 bits per heavy atom. The highest BCUT2D eigenvalue weighted by Crippen LogP contribution is 2.31. The molecule has 0 radical (unpaired) electrons. The lowest BCUT2D eigenvalue weighted by Crippen LogP contribution is -2.31. The highest BCUT2D eigenvalue weighted by atomic mass is 32.1. The lowest BCUT2D eigenvalue weighted by molar-refractivity contribution is -0.137. The number of benzene rings is 1. The van der Waals surface area contributed by atoms with Crippen LogP contribution in [0.4, 0.5) is 19.1 Å². The van der Waals surface area contributed by atoms with E-state index in [0.29, 0.717) is 16.3 Å². The molecule has 2 N–H and O–H groups in total. The zero-order chi connectivity index (χ0) is 20.3. The number of carbonyl (C=O) groups excluding carboxylic acids is 1. The Balaban J connectivity index is 1.60. The highest BCUT2D eigenvalue weighted by Gasteiger charge is 2.30. The second-order valence-electron chi connectivity index (χ2n) is 6.04. The fourth-order valence-corrected chi connectivity index (χ4v) is 3.26. The second kappa shape index (κ2) is 7.93. The first kappa shape index (κ1) is 19.7. The van der Waals surface area contributed by atoms with Gasteiger partial charge in [0.05, 0.1) is 17.7 Å². The SMILES string of the molecule is Cc1cc(C)nc(NNC(=O)Cc2csc(-c3ccc(C(F)(F)F)cc3)n2)n1. The fraction of sp³-hybridized carbons (Fsp3) is 0.222. The number of aryl methyl sites for hydroxylation is 2. The molecule has 0 aliphatic rings. The Morgan fingerprint density at radius 2 is 1.71 bits per heavy atom. The predicted octanol–water partition coefficient (Wildman–Crippen LogP) is 3.92. The molecule has 6 nitrogen and oxygen atoms in total. The van der Waals surface area contributed by atoms with Gasteiger partial charge in [0, 0.05) is 22.3 Å². The van der Waals surface area contributed by atoms with Crippen LogP contribution in [-0.4, -0.2) is 20.9 Å². The van der Waals surface area contributed by atoms with E-state index in [0.717, 1.165) is 23.5 Å². The maximum Gasteiger partial charge on any atom is 0.416 e. The van der Waals surface area contributed by atoms with Crippen molar-refractivity contribution in [1.82, 2.24) is 20.4 Å². The largest absolute Gasteiger partial charge is 0.416 e. The minimum atomic E-state index is -4.38. The lowest BCUT2D eigenvalue weighted by Gasteiger charge is -2.07. The van der Waals surface area contributed by atoms with Crippen LogP contribution in [0.25, 0.3) is 10.6 Å². The smallest absolute Gasteiger partial charge is 0.273 e. The van der Waals surface area contributed by atoms with Gasteiger partial charge in [0.2, 0.25) is 11.9 Å². The van der Waals surface area contributed by atoms with Gasteiger partial charge in [-0.2, -0.15) is 13.2 Å². The molecule has 2 aromatic heterocycles. The summed E-state index contributed by atoms with van der Waals surface area (Å²) < 4.78 is 37.9. The molecule has 0 atom stereocenters. The van der Waals surface area contributed by atoms with E-state index >= 15 is 0 Å². The van der Waals surface area contributed by atoms with Gasteiger partial charge in [-0.05, 0) is 32.0 Å². The van der Waals surface area contributed by atoms with Crippen molar-refractivity contribution in [3.63, 3.8) is 0 Å². The van der Waals surface area contributed by atoms with Crippen molar-refractivity contribution < 1.29 is 18.0 Å². The molecular weight excluding hydrogens is 391 g/mol. The van der Waals surface area contributed by atoms with Crippen molar-refractivity contribution in [3.05, 3.63) is 58.4 Å². The highest BCUT2D eigenvalue weighted by molar-refractivity contribution is 7.13. The van der Waals surface area contributed by atoms with Crippen LogP contribution in [0, 0.1) is 13.8 Å². The summed E-state index contributed by atoms with van der Waals surface area (Å²) in [6.07, 6.45) is -4.37. The topological polar surface area (TPSA) is 79.8 Å². The third-order valence-electron chi connectivity index (χ3n) is 3.65. The van der Waals surface area contributed by atoms with E-state index in [1.165, 1.54) is 23.5 Å². The standard InChI is InChI=1S/C18H16F3N5OS/c1-10-7-11(2)23-17(22-10)26-25-15(27)8-14-9-28-16(24-14)12-3-5-13(6-4-12)18(19,20)21/h3-7,9H,8H2,1-2H3,(H,25,27)(H,22,23,26). The summed E-state index contributed by atoms with van der Waals surface area (Å²) in [5.74, 6) is -0.0541. The van der Waals surface area contributed by atoms with Crippen molar-refractivity contribution in [1.29, 1.82) is 0 Å². The Bertz CT molecular complexity index is 965. The zero-order valence-electron chi connectivity index (χ0n) is 15.0. The summed E-state index contributed by atoms with van der Waals surface area (Å²) in [5.41, 5.74) is 7.05. The van der Waals surface area contributed by atoms with E-state index in [-0.39, 0.29) is 18.3 Å². The van der Waals surface area contributed by atoms with Crippen molar-refractivity contribution >= 4 is 23.2 Å². The molecule has 1 aromatic carbocycles. The molecule has 3 aromatic rings. The average Bonchev–Trinajstić information content (AvgIpc) is 3.07. The summed E-state index contributed by atoms with van der Waals surface area (Å²) in [4.78, 5) is 24.7. The number of anilines is 1. The third kappa shape index (κ3) is 5.03. The van der Waals surface area contributed by atoms with Gasteiger partial charge < -0.3 is 0 Å². The Morgan fingerprint density at radius 3 is 2.32 bits per heavy atom. The predicted molar refractivity (Wildman–Crippen MR) is 99.5 cm³/mol. The van der Waals surface area contributed by atoms with E-state index in [2.05, 4.69) is 25.8 Å². The first-order chi connectivity index (χ1) is 13.2. The molecular formula is C18H16F3N5OS. The molecule has 0 aliphatic carbocycles. The molecule has 0 spiro atoms. The van der Waals surface area contributed by atoms with Crippen LogP contribution in [0.3, 0.4) is 0 Å². The first-order valence-corrected chi connectivity index (χ1v) is 9.08. The van der Waals surface area contributed by atoms with Crippen LogP contribution in [0.15, 0.2) is 35.7 Å². The van der Waals surface area contributed by atoms with Gasteiger partial charge >= 0.3 is 6.18 Å². The summed E-state index contributed by atoms with van der Waals surface area (Å²) in [6, 6.07) is 6.56. The number of amides is 1. The van der Waals surface area contributed by atoms with Gasteiger partial charge in [-0.25, -0.2) is 15.0 Å². The number of carbonyl (C=O) groups is 1. The summed E-state index contributed by atoms with van der Waals surface area (Å²) >= 11 is 1.26. The van der Waals surface area contributed by atoms with Crippen LogP contribution >= 0.6 is 11.3 Å². The van der Waals surface area contributed by atoms with Crippen LogP contribution in [0.1, 0.15) is 22.6 Å². The number of rotatable bonds is 5. The number of alkyl halides is 3. The van der Waals surface area contributed by atoms with Crippen molar-refractivity contribution in [3.8, 4) is 10.6 Å². The summed E-state index contributed by atoms with van der Waals surface area (Å²) in [7, 11) is 0. The molecule has 1 amide bonds. The number of aromatic nitrogens is 3. The van der Waals surface area contributed by atoms with E-state index in [1.807, 2.05) is 19.9 Å². The minimum absolute atomic E-state index is 0.00886. The second-order valence-corrected chi connectivity index (χ2v) is 6.90. The van der Waals surface area contributed by atoms with Gasteiger partial charge in [-0.1, -0.05) is 12.1 Å². The van der Waals surface area contributed by atoms with Gasteiger partial charge in [-0.15, -0.1) is 11.3 Å². The third-order valence-corrected chi connectivity index (χ3v) is 4.59. The van der Waals surface area contributed by atoms with Gasteiger partial charge in [0.15, 0.2) is 0 Å². The molecule has 3 rings (SSSR count). The molecule has 0 unspecified atom stereocenters. The number of thiazole rings is 1. The Hall–Kier alpha value is -3.01. The molecule has 28 heavy (non-hydrogen) atoms. The number of hydrogen-bond donors (Lipinski definition) is 2. The van der Waals surface area contributed by atoms with E-state index in [4.69, 9.17) is 0 Å². The van der Waals surface area contributed by atoms with E-state index < -0.39 is 11.7 Å². The fourth-order valence-electron chi connectivity index (χ4n) is 2.44. The molecule has 10 heteroatoms. The molecule has 0 fully saturated rings. The molecule has 2 heterocycles. The summed E-state index contributed by atoms with van der Waals surface area (Å²) in [5, 5.41) is 2.24. The minimum Gasteiger partial charge on any atom is -0.273 e. The maximum absolute atomic E-state index is 12.6. The quantitative estimate of drug-likeness (QED) is 0.627. The summed E-state index contributed by atoms with van der Waals surface area (Å²) in [6.45, 7) is 3.64. The van der Waals surface area contributed by atoms with Gasteiger partial charge in [0.1, 0.15) is 5.01 Å². The van der Waals surface area contributed by atoms with Gasteiger partial charge in [-0.3, -0.25) is 15.6 Å². The van der Waals surface area contributed by atoms with E-state index in [9.17, 15) is 18.0 Å². The molecule has 0 saturated carbocycles. The number of halogens is 3. The normalized spacial score (nSPS) is 11.3. The molecule has 0 saturated heterocycles. The lowest BCUT2D eigenvalue weighted by atomic mass is 10.1. The van der Waals surface area contributed by atoms with Crippen LogP contribution in [-0.2, 0) is 17.4 Å². The van der Waals surface area contributed by atoms with E-state index in [1.54, 1.807) is 5.38 Å². The number of nitrogens with one attached hydrogen (secondary N) is 2. The Labute approximate surface area is 162 Å². The molecule has 146 valence electrons. The zero-order valence-corrected chi connectivity index (χ0v) is 15.8.